The fraction of sp³-hybridized carbons (Fsp3) is 1.00. The molecule has 2 rings (SSSR count). The normalized spacial score (nSPS) is 23.4. The highest BCUT2D eigenvalue weighted by molar-refractivity contribution is 7.89. The summed E-state index contributed by atoms with van der Waals surface area (Å²) in [5, 5.41) is 0. The first-order valence-corrected chi connectivity index (χ1v) is 8.91. The van der Waals surface area contributed by atoms with Crippen LogP contribution in [0.4, 0.5) is 0 Å². The smallest absolute Gasteiger partial charge is 0.211 e. The molecule has 0 bridgehead atoms. The van der Waals surface area contributed by atoms with Crippen LogP contribution < -0.4 is 10.5 Å². The van der Waals surface area contributed by atoms with Crippen LogP contribution >= 0.6 is 12.4 Å². The number of sulfonamides is 1. The lowest BCUT2D eigenvalue weighted by Crippen LogP contribution is -2.50. The molecule has 4 nitrogen and oxygen atoms in total. The van der Waals surface area contributed by atoms with Crippen molar-refractivity contribution >= 4 is 22.4 Å². The predicted octanol–water partition coefficient (Wildman–Crippen LogP) is 2.18. The minimum atomic E-state index is -3.12. The van der Waals surface area contributed by atoms with Crippen molar-refractivity contribution in [3.8, 4) is 0 Å². The summed E-state index contributed by atoms with van der Waals surface area (Å²) in [5.74, 6) is 0.930. The lowest BCUT2D eigenvalue weighted by Gasteiger charge is -2.28. The van der Waals surface area contributed by atoms with E-state index in [-0.39, 0.29) is 23.7 Å². The molecule has 0 radical (unpaired) electrons. The molecule has 0 heterocycles. The molecule has 0 atom stereocenters. The molecule has 0 aliphatic heterocycles. The van der Waals surface area contributed by atoms with Gasteiger partial charge in [0.15, 0.2) is 0 Å². The fourth-order valence-corrected chi connectivity index (χ4v) is 3.96. The maximum Gasteiger partial charge on any atom is 0.211 e. The Morgan fingerprint density at radius 2 is 1.68 bits per heavy atom. The molecule has 0 amide bonds. The van der Waals surface area contributed by atoms with Crippen molar-refractivity contribution in [1.82, 2.24) is 4.72 Å². The third-order valence-electron chi connectivity index (χ3n) is 4.24. The first kappa shape index (κ1) is 17.2. The predicted molar refractivity (Wildman–Crippen MR) is 81.0 cm³/mol. The molecule has 114 valence electrons. The van der Waals surface area contributed by atoms with E-state index in [4.69, 9.17) is 5.73 Å². The molecule has 0 spiro atoms. The Kier molecular flexibility index (Phi) is 6.57. The van der Waals surface area contributed by atoms with Crippen LogP contribution in [0.25, 0.3) is 0 Å². The Morgan fingerprint density at radius 3 is 2.21 bits per heavy atom. The summed E-state index contributed by atoms with van der Waals surface area (Å²) in [6.07, 6.45) is 9.82. The highest BCUT2D eigenvalue weighted by Gasteiger charge is 2.29. The maximum absolute atomic E-state index is 11.9. The van der Waals surface area contributed by atoms with Crippen molar-refractivity contribution in [1.29, 1.82) is 0 Å². The molecule has 0 aromatic heterocycles. The van der Waals surface area contributed by atoms with Crippen molar-refractivity contribution < 1.29 is 8.42 Å². The Balaban J connectivity index is 0.00000180. The molecule has 0 unspecified atom stereocenters. The number of hydrogen-bond donors (Lipinski definition) is 2. The van der Waals surface area contributed by atoms with Crippen molar-refractivity contribution in [2.75, 3.05) is 12.3 Å². The van der Waals surface area contributed by atoms with Crippen LogP contribution in [-0.4, -0.2) is 26.3 Å². The number of nitrogens with one attached hydrogen (secondary N) is 1. The molecule has 2 saturated carbocycles. The highest BCUT2D eigenvalue weighted by Crippen LogP contribution is 2.32. The largest absolute Gasteiger partial charge is 0.324 e. The average molecular weight is 311 g/mol. The zero-order valence-electron chi connectivity index (χ0n) is 11.6. The lowest BCUT2D eigenvalue weighted by atomic mass is 9.92. The molecule has 2 aliphatic rings. The van der Waals surface area contributed by atoms with Crippen LogP contribution in [0.2, 0.25) is 0 Å². The zero-order valence-corrected chi connectivity index (χ0v) is 13.2. The second kappa shape index (κ2) is 7.25. The second-order valence-electron chi connectivity index (χ2n) is 6.15. The minimum absolute atomic E-state index is 0. The first-order chi connectivity index (χ1) is 8.49. The van der Waals surface area contributed by atoms with Crippen LogP contribution in [0.15, 0.2) is 0 Å². The van der Waals surface area contributed by atoms with Crippen LogP contribution in [0.3, 0.4) is 0 Å². The van der Waals surface area contributed by atoms with E-state index >= 15 is 0 Å². The molecular formula is C13H27ClN2O2S. The molecule has 0 aromatic carbocycles. The summed E-state index contributed by atoms with van der Waals surface area (Å²) in [6.45, 7) is 0.417. The quantitative estimate of drug-likeness (QED) is 0.739. The highest BCUT2D eigenvalue weighted by atomic mass is 35.5. The van der Waals surface area contributed by atoms with Gasteiger partial charge >= 0.3 is 0 Å². The van der Waals surface area contributed by atoms with E-state index in [0.29, 0.717) is 12.5 Å². The molecule has 19 heavy (non-hydrogen) atoms. The van der Waals surface area contributed by atoms with Crippen molar-refractivity contribution in [3.63, 3.8) is 0 Å². The van der Waals surface area contributed by atoms with Crippen LogP contribution in [-0.2, 0) is 10.0 Å². The van der Waals surface area contributed by atoms with Crippen molar-refractivity contribution in [2.24, 2.45) is 11.7 Å². The van der Waals surface area contributed by atoms with Crippen LogP contribution in [0, 0.1) is 5.92 Å². The summed E-state index contributed by atoms with van der Waals surface area (Å²) in [4.78, 5) is 0. The van der Waals surface area contributed by atoms with Gasteiger partial charge in [-0.25, -0.2) is 13.1 Å². The molecule has 0 aromatic rings. The van der Waals surface area contributed by atoms with Crippen LogP contribution in [0.5, 0.6) is 0 Å². The molecule has 2 fully saturated rings. The Labute approximate surface area is 123 Å². The second-order valence-corrected chi connectivity index (χ2v) is 8.08. The van der Waals surface area contributed by atoms with Crippen LogP contribution in [0.1, 0.15) is 57.8 Å². The van der Waals surface area contributed by atoms with Gasteiger partial charge in [-0.3, -0.25) is 0 Å². The summed E-state index contributed by atoms with van der Waals surface area (Å²) in [7, 11) is -3.12. The third-order valence-corrected chi connectivity index (χ3v) is 5.59. The Hall–Kier alpha value is 0.160. The SMILES string of the molecule is Cl.NC1(CNS(=O)(=O)CCC2CC2)CCCCCC1. The van der Waals surface area contributed by atoms with E-state index in [1.807, 2.05) is 0 Å². The lowest BCUT2D eigenvalue weighted by molar-refractivity contribution is 0.369. The number of hydrogen-bond acceptors (Lipinski definition) is 3. The zero-order chi connectivity index (χ0) is 13.1. The molecule has 2 aliphatic carbocycles. The van der Waals surface area contributed by atoms with Crippen molar-refractivity contribution in [3.05, 3.63) is 0 Å². The van der Waals surface area contributed by atoms with E-state index in [1.54, 1.807) is 0 Å². The van der Waals surface area contributed by atoms with Crippen molar-refractivity contribution in [2.45, 2.75) is 63.3 Å². The summed E-state index contributed by atoms with van der Waals surface area (Å²) in [5.41, 5.74) is 5.99. The van der Waals surface area contributed by atoms with Gasteiger partial charge in [0.2, 0.25) is 10.0 Å². The van der Waals surface area contributed by atoms with E-state index in [0.717, 1.165) is 32.1 Å². The maximum atomic E-state index is 11.9. The number of halogens is 1. The van der Waals surface area contributed by atoms with Gasteiger partial charge in [0.05, 0.1) is 5.75 Å². The van der Waals surface area contributed by atoms with E-state index in [2.05, 4.69) is 4.72 Å². The van der Waals surface area contributed by atoms with Gasteiger partial charge in [-0.15, -0.1) is 12.4 Å². The van der Waals surface area contributed by atoms with Gasteiger partial charge in [0.25, 0.3) is 0 Å². The molecular weight excluding hydrogens is 284 g/mol. The topological polar surface area (TPSA) is 72.2 Å². The van der Waals surface area contributed by atoms with Gasteiger partial charge < -0.3 is 5.73 Å². The molecule has 3 N–H and O–H groups in total. The molecule has 0 saturated heterocycles. The first-order valence-electron chi connectivity index (χ1n) is 7.25. The van der Waals surface area contributed by atoms with E-state index in [1.165, 1.54) is 25.7 Å². The Morgan fingerprint density at radius 1 is 1.11 bits per heavy atom. The van der Waals surface area contributed by atoms with Gasteiger partial charge in [0, 0.05) is 12.1 Å². The Bertz CT molecular complexity index is 361. The van der Waals surface area contributed by atoms with Gasteiger partial charge in [-0.2, -0.15) is 0 Å². The monoisotopic (exact) mass is 310 g/mol. The number of rotatable bonds is 6. The third kappa shape index (κ3) is 6.43. The standard InChI is InChI=1S/C13H26N2O2S.ClH/c14-13(8-3-1-2-4-9-13)11-15-18(16,17)10-7-12-5-6-12;/h12,15H,1-11,14H2;1H. The minimum Gasteiger partial charge on any atom is -0.324 e. The summed E-state index contributed by atoms with van der Waals surface area (Å²) < 4.78 is 26.5. The van der Waals surface area contributed by atoms with Gasteiger partial charge in [-0.1, -0.05) is 38.5 Å². The van der Waals surface area contributed by atoms with E-state index in [9.17, 15) is 8.42 Å². The fourth-order valence-electron chi connectivity index (χ4n) is 2.66. The summed E-state index contributed by atoms with van der Waals surface area (Å²) >= 11 is 0. The molecule has 6 heteroatoms. The van der Waals surface area contributed by atoms with Gasteiger partial charge in [-0.05, 0) is 25.2 Å². The van der Waals surface area contributed by atoms with Gasteiger partial charge in [0.1, 0.15) is 0 Å². The average Bonchev–Trinajstić information content (AvgIpc) is 3.13. The number of nitrogens with two attached hydrogens (primary N) is 1. The van der Waals surface area contributed by atoms with E-state index < -0.39 is 10.0 Å². The summed E-state index contributed by atoms with van der Waals surface area (Å²) in [6, 6.07) is 0.